The lowest BCUT2D eigenvalue weighted by molar-refractivity contribution is -0.121. The molecule has 0 unspecified atom stereocenters. The second-order valence-electron chi connectivity index (χ2n) is 6.88. The van der Waals surface area contributed by atoms with Gasteiger partial charge >= 0.3 is 0 Å². The van der Waals surface area contributed by atoms with Gasteiger partial charge in [-0.25, -0.2) is 4.98 Å². The lowest BCUT2D eigenvalue weighted by Crippen LogP contribution is -2.29. The molecule has 0 saturated carbocycles. The van der Waals surface area contributed by atoms with Gasteiger partial charge in [0.2, 0.25) is 11.9 Å². The standard InChI is InChI=1S/C21H26N4O/c1-16(2)12-13-22-20(26)15-25-19-11-7-6-10-18(19)24-21(25)23-14-17-8-4-3-5-9-17/h3-11,16H,12-15H2,1-2H3,(H,22,26)(H,23,24). The molecule has 26 heavy (non-hydrogen) atoms. The van der Waals surface area contributed by atoms with Crippen LogP contribution >= 0.6 is 0 Å². The molecule has 0 radical (unpaired) electrons. The van der Waals surface area contributed by atoms with Crippen molar-refractivity contribution >= 4 is 22.9 Å². The smallest absolute Gasteiger partial charge is 0.240 e. The molecule has 0 atom stereocenters. The Kier molecular flexibility index (Phi) is 5.89. The fourth-order valence-electron chi connectivity index (χ4n) is 2.85. The lowest BCUT2D eigenvalue weighted by atomic mass is 10.1. The molecule has 3 aromatic rings. The minimum atomic E-state index is 0.0107. The van der Waals surface area contributed by atoms with Gasteiger partial charge in [0.15, 0.2) is 0 Å². The number of carbonyl (C=O) groups is 1. The zero-order valence-electron chi connectivity index (χ0n) is 15.4. The molecular formula is C21H26N4O. The maximum Gasteiger partial charge on any atom is 0.240 e. The SMILES string of the molecule is CC(C)CCNC(=O)Cn1c(NCc2ccccc2)nc2ccccc21. The monoisotopic (exact) mass is 350 g/mol. The summed E-state index contributed by atoms with van der Waals surface area (Å²) in [5.74, 6) is 1.30. The zero-order chi connectivity index (χ0) is 18.4. The van der Waals surface area contributed by atoms with Gasteiger partial charge in [-0.15, -0.1) is 0 Å². The van der Waals surface area contributed by atoms with E-state index in [1.54, 1.807) is 0 Å². The van der Waals surface area contributed by atoms with E-state index in [1.807, 2.05) is 47.0 Å². The van der Waals surface area contributed by atoms with Crippen LogP contribution in [0.25, 0.3) is 11.0 Å². The number of nitrogens with zero attached hydrogens (tertiary/aromatic N) is 2. The molecule has 0 saturated heterocycles. The van der Waals surface area contributed by atoms with Crippen LogP contribution in [0.1, 0.15) is 25.8 Å². The van der Waals surface area contributed by atoms with E-state index in [2.05, 4.69) is 41.6 Å². The number of hydrogen-bond donors (Lipinski definition) is 2. The maximum atomic E-state index is 12.4. The molecule has 1 heterocycles. The average molecular weight is 350 g/mol. The highest BCUT2D eigenvalue weighted by molar-refractivity contribution is 5.83. The zero-order valence-corrected chi connectivity index (χ0v) is 15.4. The van der Waals surface area contributed by atoms with Crippen LogP contribution in [0.3, 0.4) is 0 Å². The van der Waals surface area contributed by atoms with Crippen LogP contribution in [-0.2, 0) is 17.9 Å². The summed E-state index contributed by atoms with van der Waals surface area (Å²) in [7, 11) is 0. The van der Waals surface area contributed by atoms with Crippen LogP contribution in [-0.4, -0.2) is 22.0 Å². The number of carbonyl (C=O) groups excluding carboxylic acids is 1. The molecule has 1 amide bonds. The van der Waals surface area contributed by atoms with Gasteiger partial charge in [-0.3, -0.25) is 4.79 Å². The fraction of sp³-hybridized carbons (Fsp3) is 0.333. The van der Waals surface area contributed by atoms with E-state index in [9.17, 15) is 4.79 Å². The van der Waals surface area contributed by atoms with E-state index in [-0.39, 0.29) is 12.5 Å². The number of hydrogen-bond acceptors (Lipinski definition) is 3. The molecule has 0 spiro atoms. The van der Waals surface area contributed by atoms with Gasteiger partial charge in [-0.05, 0) is 30.0 Å². The third kappa shape index (κ3) is 4.63. The number of nitrogens with one attached hydrogen (secondary N) is 2. The summed E-state index contributed by atoms with van der Waals surface area (Å²) in [5, 5.41) is 6.37. The first-order valence-electron chi connectivity index (χ1n) is 9.13. The summed E-state index contributed by atoms with van der Waals surface area (Å²) in [6, 6.07) is 18.1. The van der Waals surface area contributed by atoms with Crippen molar-refractivity contribution in [2.75, 3.05) is 11.9 Å². The van der Waals surface area contributed by atoms with E-state index in [0.29, 0.717) is 25.0 Å². The van der Waals surface area contributed by atoms with Gasteiger partial charge in [-0.1, -0.05) is 56.3 Å². The summed E-state index contributed by atoms with van der Waals surface area (Å²) in [6.45, 7) is 5.94. The number of aromatic nitrogens is 2. The molecule has 136 valence electrons. The minimum absolute atomic E-state index is 0.0107. The van der Waals surface area contributed by atoms with E-state index < -0.39 is 0 Å². The van der Waals surface area contributed by atoms with E-state index >= 15 is 0 Å². The third-order valence-electron chi connectivity index (χ3n) is 4.29. The first-order valence-corrected chi connectivity index (χ1v) is 9.13. The van der Waals surface area contributed by atoms with Crippen molar-refractivity contribution in [3.05, 3.63) is 60.2 Å². The summed E-state index contributed by atoms with van der Waals surface area (Å²) >= 11 is 0. The Labute approximate surface area is 154 Å². The Morgan fingerprint density at radius 3 is 2.58 bits per heavy atom. The molecule has 0 bridgehead atoms. The van der Waals surface area contributed by atoms with Crippen molar-refractivity contribution in [3.63, 3.8) is 0 Å². The van der Waals surface area contributed by atoms with Crippen molar-refractivity contribution < 1.29 is 4.79 Å². The summed E-state index contributed by atoms with van der Waals surface area (Å²) in [6.07, 6.45) is 0.982. The predicted molar refractivity (Wildman–Crippen MR) is 106 cm³/mol. The quantitative estimate of drug-likeness (QED) is 0.649. The average Bonchev–Trinajstić information content (AvgIpc) is 2.98. The molecule has 2 N–H and O–H groups in total. The van der Waals surface area contributed by atoms with Crippen molar-refractivity contribution in [1.29, 1.82) is 0 Å². The van der Waals surface area contributed by atoms with Crippen molar-refractivity contribution in [3.8, 4) is 0 Å². The Morgan fingerprint density at radius 2 is 1.81 bits per heavy atom. The molecule has 0 aliphatic carbocycles. The van der Waals surface area contributed by atoms with Crippen molar-refractivity contribution in [1.82, 2.24) is 14.9 Å². The fourth-order valence-corrected chi connectivity index (χ4v) is 2.85. The van der Waals surface area contributed by atoms with Gasteiger partial charge in [0, 0.05) is 13.1 Å². The Hall–Kier alpha value is -2.82. The highest BCUT2D eigenvalue weighted by Crippen LogP contribution is 2.20. The molecule has 1 aromatic heterocycles. The second-order valence-corrected chi connectivity index (χ2v) is 6.88. The van der Waals surface area contributed by atoms with Crippen LogP contribution in [0.5, 0.6) is 0 Å². The Bertz CT molecular complexity index is 855. The van der Waals surface area contributed by atoms with Crippen LogP contribution in [0.2, 0.25) is 0 Å². The lowest BCUT2D eigenvalue weighted by Gasteiger charge is -2.12. The van der Waals surface area contributed by atoms with Crippen molar-refractivity contribution in [2.24, 2.45) is 5.92 Å². The normalized spacial score (nSPS) is 11.0. The minimum Gasteiger partial charge on any atom is -0.355 e. The molecule has 0 aliphatic heterocycles. The highest BCUT2D eigenvalue weighted by atomic mass is 16.1. The predicted octanol–water partition coefficient (Wildman–Crippen LogP) is 3.81. The van der Waals surface area contributed by atoms with Gasteiger partial charge in [-0.2, -0.15) is 0 Å². The van der Waals surface area contributed by atoms with Crippen molar-refractivity contribution in [2.45, 2.75) is 33.4 Å². The third-order valence-corrected chi connectivity index (χ3v) is 4.29. The topological polar surface area (TPSA) is 59.0 Å². The first kappa shape index (κ1) is 18.0. The highest BCUT2D eigenvalue weighted by Gasteiger charge is 2.13. The van der Waals surface area contributed by atoms with E-state index in [1.165, 1.54) is 5.56 Å². The number of benzene rings is 2. The molecule has 0 aliphatic rings. The van der Waals surface area contributed by atoms with E-state index in [0.717, 1.165) is 17.5 Å². The first-order chi connectivity index (χ1) is 12.6. The van der Waals surface area contributed by atoms with Crippen LogP contribution < -0.4 is 10.6 Å². The van der Waals surface area contributed by atoms with Crippen LogP contribution in [0.4, 0.5) is 5.95 Å². The van der Waals surface area contributed by atoms with Crippen LogP contribution in [0.15, 0.2) is 54.6 Å². The molecule has 5 nitrogen and oxygen atoms in total. The number of para-hydroxylation sites is 2. The molecule has 3 rings (SSSR count). The number of anilines is 1. The largest absolute Gasteiger partial charge is 0.355 e. The Balaban J connectivity index is 1.75. The van der Waals surface area contributed by atoms with Gasteiger partial charge in [0.1, 0.15) is 6.54 Å². The molecular weight excluding hydrogens is 324 g/mol. The molecule has 5 heteroatoms. The number of fused-ring (bicyclic) bond motifs is 1. The Morgan fingerprint density at radius 1 is 1.08 bits per heavy atom. The number of amides is 1. The van der Waals surface area contributed by atoms with Gasteiger partial charge in [0.05, 0.1) is 11.0 Å². The van der Waals surface area contributed by atoms with E-state index in [4.69, 9.17) is 0 Å². The molecule has 2 aromatic carbocycles. The van der Waals surface area contributed by atoms with Gasteiger partial charge < -0.3 is 15.2 Å². The molecule has 0 fully saturated rings. The second kappa shape index (κ2) is 8.52. The summed E-state index contributed by atoms with van der Waals surface area (Å²) in [5.41, 5.74) is 3.02. The summed E-state index contributed by atoms with van der Waals surface area (Å²) < 4.78 is 1.95. The van der Waals surface area contributed by atoms with Crippen LogP contribution in [0, 0.1) is 5.92 Å². The number of imidazole rings is 1. The summed E-state index contributed by atoms with van der Waals surface area (Å²) in [4.78, 5) is 17.0. The van der Waals surface area contributed by atoms with Gasteiger partial charge in [0.25, 0.3) is 0 Å². The number of rotatable bonds is 8. The maximum absolute atomic E-state index is 12.4.